The van der Waals surface area contributed by atoms with Gasteiger partial charge in [-0.3, -0.25) is 0 Å². The summed E-state index contributed by atoms with van der Waals surface area (Å²) in [4.78, 5) is 0. The summed E-state index contributed by atoms with van der Waals surface area (Å²) >= 11 is 5.95. The van der Waals surface area contributed by atoms with Crippen molar-refractivity contribution in [3.05, 3.63) is 28.8 Å². The summed E-state index contributed by atoms with van der Waals surface area (Å²) in [6.45, 7) is 0. The van der Waals surface area contributed by atoms with E-state index in [9.17, 15) is 13.5 Å². The number of hydrogen-bond donors (Lipinski definition) is 1. The number of benzene rings is 1. The fourth-order valence-electron chi connectivity index (χ4n) is 2.69. The van der Waals surface area contributed by atoms with Crippen LogP contribution < -0.4 is 4.74 Å². The van der Waals surface area contributed by atoms with Crippen LogP contribution >= 0.6 is 11.6 Å². The maximum Gasteiger partial charge on any atom is 0.150 e. The Hall–Kier alpha value is -0.780. The van der Waals surface area contributed by atoms with Crippen LogP contribution in [0.3, 0.4) is 0 Å². The van der Waals surface area contributed by atoms with Gasteiger partial charge in [-0.1, -0.05) is 11.6 Å². The van der Waals surface area contributed by atoms with Crippen molar-refractivity contribution in [3.63, 3.8) is 0 Å². The lowest BCUT2D eigenvalue weighted by molar-refractivity contribution is 0.146. The van der Waals surface area contributed by atoms with Gasteiger partial charge in [-0.2, -0.15) is 0 Å². The van der Waals surface area contributed by atoms with E-state index in [0.29, 0.717) is 30.0 Å². The van der Waals surface area contributed by atoms with Gasteiger partial charge in [0.2, 0.25) is 0 Å². The number of halogens is 1. The summed E-state index contributed by atoms with van der Waals surface area (Å²) in [5.41, 5.74) is 0.841. The Morgan fingerprint density at radius 1 is 1.50 bits per heavy atom. The van der Waals surface area contributed by atoms with Crippen LogP contribution in [0.25, 0.3) is 0 Å². The van der Waals surface area contributed by atoms with E-state index in [2.05, 4.69) is 0 Å². The van der Waals surface area contributed by atoms with Crippen molar-refractivity contribution in [1.29, 1.82) is 0 Å². The van der Waals surface area contributed by atoms with Gasteiger partial charge >= 0.3 is 0 Å². The summed E-state index contributed by atoms with van der Waals surface area (Å²) < 4.78 is 28.1. The summed E-state index contributed by atoms with van der Waals surface area (Å²) in [6, 6.07) is 5.28. The van der Waals surface area contributed by atoms with Crippen LogP contribution in [0.5, 0.6) is 5.75 Å². The van der Waals surface area contributed by atoms with Gasteiger partial charge in [0.1, 0.15) is 5.75 Å². The standard InChI is InChI=1S/C14H19ClO4S/c1-19-14-3-2-12(15)7-11(14)8-13(16)6-10-4-5-20(17,18)9-10/h2-3,7,10,13,16H,4-6,8-9H2,1H3. The number of methoxy groups -OCH3 is 1. The lowest BCUT2D eigenvalue weighted by atomic mass is 9.96. The molecule has 0 aromatic heterocycles. The van der Waals surface area contributed by atoms with E-state index in [1.807, 2.05) is 0 Å². The number of rotatable bonds is 5. The van der Waals surface area contributed by atoms with E-state index < -0.39 is 15.9 Å². The minimum Gasteiger partial charge on any atom is -0.496 e. The normalized spacial score (nSPS) is 22.6. The van der Waals surface area contributed by atoms with Gasteiger partial charge in [0.05, 0.1) is 24.7 Å². The van der Waals surface area contributed by atoms with Crippen molar-refractivity contribution in [3.8, 4) is 5.75 Å². The molecule has 0 amide bonds. The Morgan fingerprint density at radius 2 is 2.25 bits per heavy atom. The van der Waals surface area contributed by atoms with Crippen LogP contribution in [0.1, 0.15) is 18.4 Å². The van der Waals surface area contributed by atoms with E-state index in [0.717, 1.165) is 5.56 Å². The first-order valence-electron chi connectivity index (χ1n) is 6.60. The number of hydrogen-bond acceptors (Lipinski definition) is 4. The van der Waals surface area contributed by atoms with Crippen LogP contribution in [-0.4, -0.2) is 38.2 Å². The Morgan fingerprint density at radius 3 is 2.85 bits per heavy atom. The van der Waals surface area contributed by atoms with Gasteiger partial charge in [0, 0.05) is 11.4 Å². The summed E-state index contributed by atoms with van der Waals surface area (Å²) in [6.07, 6.45) is 0.974. The molecule has 0 spiro atoms. The van der Waals surface area contributed by atoms with Crippen LogP contribution in [0.4, 0.5) is 0 Å². The van der Waals surface area contributed by atoms with Gasteiger partial charge in [-0.15, -0.1) is 0 Å². The molecule has 1 aromatic rings. The molecule has 4 nitrogen and oxygen atoms in total. The third-order valence-electron chi connectivity index (χ3n) is 3.63. The van der Waals surface area contributed by atoms with Crippen molar-refractivity contribution in [1.82, 2.24) is 0 Å². The van der Waals surface area contributed by atoms with Crippen LogP contribution in [0.2, 0.25) is 5.02 Å². The monoisotopic (exact) mass is 318 g/mol. The molecule has 2 unspecified atom stereocenters. The third-order valence-corrected chi connectivity index (χ3v) is 5.70. The molecule has 2 rings (SSSR count). The second kappa shape index (κ2) is 6.33. The number of sulfone groups is 1. The average Bonchev–Trinajstić information content (AvgIpc) is 2.68. The van der Waals surface area contributed by atoms with E-state index in [1.54, 1.807) is 25.3 Å². The van der Waals surface area contributed by atoms with Crippen molar-refractivity contribution in [2.75, 3.05) is 18.6 Å². The second-order valence-electron chi connectivity index (χ2n) is 5.32. The average molecular weight is 319 g/mol. The molecule has 1 saturated heterocycles. The van der Waals surface area contributed by atoms with Gasteiger partial charge in [-0.05, 0) is 42.5 Å². The van der Waals surface area contributed by atoms with E-state index >= 15 is 0 Å². The Bertz CT molecular complexity index is 571. The van der Waals surface area contributed by atoms with Crippen molar-refractivity contribution in [2.24, 2.45) is 5.92 Å². The largest absolute Gasteiger partial charge is 0.496 e. The van der Waals surface area contributed by atoms with Crippen molar-refractivity contribution >= 4 is 21.4 Å². The van der Waals surface area contributed by atoms with Crippen LogP contribution in [0.15, 0.2) is 18.2 Å². The zero-order valence-electron chi connectivity index (χ0n) is 11.4. The molecule has 112 valence electrons. The highest BCUT2D eigenvalue weighted by Gasteiger charge is 2.29. The summed E-state index contributed by atoms with van der Waals surface area (Å²) in [7, 11) is -1.32. The number of aliphatic hydroxyl groups excluding tert-OH is 1. The fraction of sp³-hybridized carbons (Fsp3) is 0.571. The topological polar surface area (TPSA) is 63.6 Å². The highest BCUT2D eigenvalue weighted by molar-refractivity contribution is 7.91. The molecule has 1 N–H and O–H groups in total. The molecular formula is C14H19ClO4S. The van der Waals surface area contributed by atoms with Gasteiger partial charge in [-0.25, -0.2) is 8.42 Å². The van der Waals surface area contributed by atoms with E-state index in [-0.39, 0.29) is 17.4 Å². The molecule has 0 bridgehead atoms. The van der Waals surface area contributed by atoms with Gasteiger partial charge in [0.25, 0.3) is 0 Å². The van der Waals surface area contributed by atoms with Crippen LogP contribution in [0, 0.1) is 5.92 Å². The predicted octanol–water partition coefficient (Wildman–Crippen LogP) is 2.08. The molecule has 20 heavy (non-hydrogen) atoms. The Kier molecular flexibility index (Phi) is 4.94. The molecule has 1 aliphatic heterocycles. The maximum atomic E-state index is 11.4. The predicted molar refractivity (Wildman–Crippen MR) is 79.1 cm³/mol. The highest BCUT2D eigenvalue weighted by atomic mass is 35.5. The molecule has 2 atom stereocenters. The minimum atomic E-state index is -2.89. The molecule has 0 saturated carbocycles. The lowest BCUT2D eigenvalue weighted by Gasteiger charge is -2.16. The second-order valence-corrected chi connectivity index (χ2v) is 7.98. The maximum absolute atomic E-state index is 11.4. The van der Waals surface area contributed by atoms with Crippen molar-refractivity contribution < 1.29 is 18.3 Å². The zero-order chi connectivity index (χ0) is 14.8. The van der Waals surface area contributed by atoms with E-state index in [4.69, 9.17) is 16.3 Å². The highest BCUT2D eigenvalue weighted by Crippen LogP contribution is 2.27. The van der Waals surface area contributed by atoms with E-state index in [1.165, 1.54) is 0 Å². The third kappa shape index (κ3) is 4.11. The molecular weight excluding hydrogens is 300 g/mol. The molecule has 0 aliphatic carbocycles. The van der Waals surface area contributed by atoms with Crippen LogP contribution in [-0.2, 0) is 16.3 Å². The number of aliphatic hydroxyl groups is 1. The van der Waals surface area contributed by atoms with Gasteiger partial charge in [0.15, 0.2) is 9.84 Å². The molecule has 0 radical (unpaired) electrons. The molecule has 1 aromatic carbocycles. The van der Waals surface area contributed by atoms with Crippen molar-refractivity contribution in [2.45, 2.75) is 25.4 Å². The smallest absolute Gasteiger partial charge is 0.150 e. The zero-order valence-corrected chi connectivity index (χ0v) is 13.0. The number of ether oxygens (including phenoxy) is 1. The quantitative estimate of drug-likeness (QED) is 0.903. The van der Waals surface area contributed by atoms with Gasteiger partial charge < -0.3 is 9.84 Å². The molecule has 1 aliphatic rings. The molecule has 6 heteroatoms. The first-order valence-corrected chi connectivity index (χ1v) is 8.80. The SMILES string of the molecule is COc1ccc(Cl)cc1CC(O)CC1CCS(=O)(=O)C1. The molecule has 1 heterocycles. The fourth-order valence-corrected chi connectivity index (χ4v) is 4.76. The minimum absolute atomic E-state index is 0.0557. The molecule has 1 fully saturated rings. The summed E-state index contributed by atoms with van der Waals surface area (Å²) in [5, 5.41) is 10.7. The summed E-state index contributed by atoms with van der Waals surface area (Å²) in [5.74, 6) is 1.18. The first-order chi connectivity index (χ1) is 9.39. The first kappa shape index (κ1) is 15.6. The lowest BCUT2D eigenvalue weighted by Crippen LogP contribution is -2.17. The Balaban J connectivity index is 1.98. The Labute approximate surface area is 124 Å².